The summed E-state index contributed by atoms with van der Waals surface area (Å²) in [6, 6.07) is 81.9. The van der Waals surface area contributed by atoms with Gasteiger partial charge >= 0.3 is 0 Å². The second-order valence-corrected chi connectivity index (χ2v) is 15.7. The van der Waals surface area contributed by atoms with Crippen molar-refractivity contribution in [1.82, 2.24) is 0 Å². The summed E-state index contributed by atoms with van der Waals surface area (Å²) in [5.41, 5.74) is 20.5. The van der Waals surface area contributed by atoms with Gasteiger partial charge in [-0.05, 0) is 97.1 Å². The Balaban J connectivity index is 1.27. The molecule has 0 fully saturated rings. The minimum Gasteiger partial charge on any atom is -0.309 e. The van der Waals surface area contributed by atoms with Crippen LogP contribution in [0.2, 0.25) is 0 Å². The molecule has 0 saturated heterocycles. The molecule has 0 N–H and O–H groups in total. The molecule has 1 nitrogen and oxygen atoms in total. The number of fused-ring (bicyclic) bond motifs is 3. The molecule has 0 radical (unpaired) electrons. The second-order valence-electron chi connectivity index (χ2n) is 15.7. The molecule has 0 aromatic heterocycles. The molecule has 9 aromatic rings. The zero-order valence-electron chi connectivity index (χ0n) is 32.8. The summed E-state index contributed by atoms with van der Waals surface area (Å²) in [5, 5.41) is 0. The molecule has 10 rings (SSSR count). The Morgan fingerprint density at radius 3 is 1.47 bits per heavy atom. The average molecular weight is 742 g/mol. The molecular formula is C57H43N. The minimum absolute atomic E-state index is 0.109. The number of para-hydroxylation sites is 1. The van der Waals surface area contributed by atoms with E-state index in [4.69, 9.17) is 0 Å². The molecule has 0 amide bonds. The van der Waals surface area contributed by atoms with Gasteiger partial charge in [-0.25, -0.2) is 0 Å². The zero-order chi connectivity index (χ0) is 39.1. The maximum atomic E-state index is 2.50. The van der Waals surface area contributed by atoms with Crippen molar-refractivity contribution in [2.24, 2.45) is 0 Å². The maximum absolute atomic E-state index is 2.50. The number of benzene rings is 9. The zero-order valence-corrected chi connectivity index (χ0v) is 32.8. The van der Waals surface area contributed by atoms with Crippen molar-refractivity contribution >= 4 is 17.1 Å². The third-order valence-electron chi connectivity index (χ3n) is 11.9. The van der Waals surface area contributed by atoms with Crippen LogP contribution in [0.4, 0.5) is 17.1 Å². The highest BCUT2D eigenvalue weighted by molar-refractivity contribution is 6.01. The normalized spacial score (nSPS) is 12.4. The lowest BCUT2D eigenvalue weighted by Crippen LogP contribution is -2.15. The van der Waals surface area contributed by atoms with Gasteiger partial charge in [-0.15, -0.1) is 0 Å². The van der Waals surface area contributed by atoms with Crippen molar-refractivity contribution in [3.63, 3.8) is 0 Å². The fraction of sp³-hybridized carbons (Fsp3) is 0.0526. The molecule has 9 aromatic carbocycles. The monoisotopic (exact) mass is 741 g/mol. The van der Waals surface area contributed by atoms with Crippen LogP contribution in [0.15, 0.2) is 224 Å². The Morgan fingerprint density at radius 1 is 0.293 bits per heavy atom. The van der Waals surface area contributed by atoms with Gasteiger partial charge in [-0.3, -0.25) is 0 Å². The largest absolute Gasteiger partial charge is 0.309 e. The first-order valence-electron chi connectivity index (χ1n) is 20.2. The number of rotatable bonds is 8. The van der Waals surface area contributed by atoms with E-state index in [-0.39, 0.29) is 5.41 Å². The Bertz CT molecular complexity index is 2890. The first-order valence-corrected chi connectivity index (χ1v) is 20.2. The molecule has 0 saturated carbocycles. The van der Waals surface area contributed by atoms with Crippen molar-refractivity contribution in [3.05, 3.63) is 236 Å². The van der Waals surface area contributed by atoms with Gasteiger partial charge in [0.15, 0.2) is 0 Å². The Labute approximate surface area is 342 Å². The highest BCUT2D eigenvalue weighted by atomic mass is 15.1. The molecular weight excluding hydrogens is 699 g/mol. The van der Waals surface area contributed by atoms with Gasteiger partial charge in [0.1, 0.15) is 0 Å². The van der Waals surface area contributed by atoms with E-state index in [0.29, 0.717) is 0 Å². The summed E-state index contributed by atoms with van der Waals surface area (Å²) in [6.45, 7) is 4.72. The van der Waals surface area contributed by atoms with Crippen molar-refractivity contribution in [2.45, 2.75) is 19.3 Å². The van der Waals surface area contributed by atoms with E-state index in [1.807, 2.05) is 0 Å². The highest BCUT2D eigenvalue weighted by Gasteiger charge is 2.37. The maximum Gasteiger partial charge on any atom is 0.0540 e. The summed E-state index contributed by atoms with van der Waals surface area (Å²) in [5.74, 6) is 0. The summed E-state index contributed by atoms with van der Waals surface area (Å²) < 4.78 is 0. The van der Waals surface area contributed by atoms with E-state index in [0.717, 1.165) is 22.6 Å². The molecule has 276 valence electrons. The predicted octanol–water partition coefficient (Wildman–Crippen LogP) is 15.8. The number of nitrogens with zero attached hydrogens (tertiary/aromatic N) is 1. The average Bonchev–Trinajstić information content (AvgIpc) is 3.54. The van der Waals surface area contributed by atoms with Crippen LogP contribution in [0.3, 0.4) is 0 Å². The molecule has 1 aliphatic rings. The van der Waals surface area contributed by atoms with Crippen LogP contribution in [0, 0.1) is 0 Å². The lowest BCUT2D eigenvalue weighted by molar-refractivity contribution is 0.660. The molecule has 0 aliphatic heterocycles. The van der Waals surface area contributed by atoms with Crippen molar-refractivity contribution < 1.29 is 0 Å². The third-order valence-corrected chi connectivity index (χ3v) is 11.9. The van der Waals surface area contributed by atoms with Crippen molar-refractivity contribution in [1.29, 1.82) is 0 Å². The quantitative estimate of drug-likeness (QED) is 0.150. The fourth-order valence-electron chi connectivity index (χ4n) is 9.07. The Hall–Kier alpha value is -7.22. The molecule has 0 spiro atoms. The smallest absolute Gasteiger partial charge is 0.0540 e. The summed E-state index contributed by atoms with van der Waals surface area (Å²) in [7, 11) is 0. The standard InChI is InChI=1S/C57H43N/c1-57(2)52-31-17-15-29-49(52)56-48(30-19-32-53(56)57)47-28-16-18-33-54(47)58(45-35-36-46(41-22-9-4-10-23-41)50(39-45)42-24-11-5-12-25-42)55-37-34-44(40-20-7-3-8-21-40)38-51(55)43-26-13-6-14-27-43/h3-39H,1-2H3. The van der Waals surface area contributed by atoms with E-state index in [9.17, 15) is 0 Å². The fourth-order valence-corrected chi connectivity index (χ4v) is 9.07. The summed E-state index contributed by atoms with van der Waals surface area (Å²) in [6.07, 6.45) is 0. The first kappa shape index (κ1) is 35.2. The topological polar surface area (TPSA) is 3.24 Å². The van der Waals surface area contributed by atoms with Gasteiger partial charge < -0.3 is 4.90 Å². The van der Waals surface area contributed by atoms with E-state index >= 15 is 0 Å². The molecule has 1 heteroatoms. The SMILES string of the molecule is CC1(C)c2ccccc2-c2c(-c3ccccc3N(c3ccc(-c4ccccc4)c(-c4ccccc4)c3)c3ccc(-c4ccccc4)cc3-c3ccccc3)cccc21. The lowest BCUT2D eigenvalue weighted by Gasteiger charge is -2.31. The summed E-state index contributed by atoms with van der Waals surface area (Å²) >= 11 is 0. The van der Waals surface area contributed by atoms with E-state index in [2.05, 4.69) is 243 Å². The van der Waals surface area contributed by atoms with E-state index < -0.39 is 0 Å². The number of anilines is 3. The molecule has 0 unspecified atom stereocenters. The third kappa shape index (κ3) is 6.13. The molecule has 0 bridgehead atoms. The molecule has 1 aliphatic carbocycles. The molecule has 0 heterocycles. The Kier molecular flexibility index (Phi) is 8.92. The Morgan fingerprint density at radius 2 is 0.793 bits per heavy atom. The van der Waals surface area contributed by atoms with Gasteiger partial charge in [0, 0.05) is 22.2 Å². The first-order chi connectivity index (χ1) is 28.6. The van der Waals surface area contributed by atoms with Crippen LogP contribution in [0.1, 0.15) is 25.0 Å². The van der Waals surface area contributed by atoms with Gasteiger partial charge in [0.05, 0.1) is 11.4 Å². The van der Waals surface area contributed by atoms with Crippen molar-refractivity contribution in [2.75, 3.05) is 4.90 Å². The van der Waals surface area contributed by atoms with Gasteiger partial charge in [-0.1, -0.05) is 208 Å². The lowest BCUT2D eigenvalue weighted by atomic mass is 9.82. The number of hydrogen-bond donors (Lipinski definition) is 0. The van der Waals surface area contributed by atoms with Crippen LogP contribution in [-0.4, -0.2) is 0 Å². The van der Waals surface area contributed by atoms with E-state index in [1.54, 1.807) is 0 Å². The van der Waals surface area contributed by atoms with Crippen LogP contribution in [0.25, 0.3) is 66.8 Å². The van der Waals surface area contributed by atoms with Gasteiger partial charge in [0.2, 0.25) is 0 Å². The van der Waals surface area contributed by atoms with Crippen molar-refractivity contribution in [3.8, 4) is 66.8 Å². The van der Waals surface area contributed by atoms with Crippen LogP contribution in [-0.2, 0) is 5.41 Å². The summed E-state index contributed by atoms with van der Waals surface area (Å²) in [4.78, 5) is 2.50. The van der Waals surface area contributed by atoms with Gasteiger partial charge in [0.25, 0.3) is 0 Å². The second kappa shape index (κ2) is 14.7. The highest BCUT2D eigenvalue weighted by Crippen LogP contribution is 2.54. The molecule has 58 heavy (non-hydrogen) atoms. The van der Waals surface area contributed by atoms with Gasteiger partial charge in [-0.2, -0.15) is 0 Å². The van der Waals surface area contributed by atoms with E-state index in [1.165, 1.54) is 72.3 Å². The van der Waals surface area contributed by atoms with Crippen LogP contribution < -0.4 is 4.90 Å². The van der Waals surface area contributed by atoms with Crippen LogP contribution >= 0.6 is 0 Å². The minimum atomic E-state index is -0.109. The van der Waals surface area contributed by atoms with Crippen LogP contribution in [0.5, 0.6) is 0 Å². The predicted molar refractivity (Wildman–Crippen MR) is 246 cm³/mol. The molecule has 0 atom stereocenters. The number of hydrogen-bond acceptors (Lipinski definition) is 1.